The van der Waals surface area contributed by atoms with E-state index >= 15 is 0 Å². The Labute approximate surface area is 127 Å². The summed E-state index contributed by atoms with van der Waals surface area (Å²) in [7, 11) is 0. The van der Waals surface area contributed by atoms with Gasteiger partial charge in [0, 0.05) is 0 Å². The second-order valence-corrected chi connectivity index (χ2v) is 6.73. The van der Waals surface area contributed by atoms with E-state index in [0.29, 0.717) is 0 Å². The highest BCUT2D eigenvalue weighted by atomic mass is 35.5. The molecule has 0 saturated heterocycles. The Hall–Kier alpha value is -1.32. The number of nitrogens with zero attached hydrogens (tertiary/aromatic N) is 2. The number of fused-ring (bicyclic) bond motifs is 1. The quantitative estimate of drug-likeness (QED) is 0.830. The van der Waals surface area contributed by atoms with E-state index in [-0.39, 0.29) is 27.6 Å². The van der Waals surface area contributed by atoms with Gasteiger partial charge in [0.1, 0.15) is 10.8 Å². The van der Waals surface area contributed by atoms with Gasteiger partial charge in [0.2, 0.25) is 5.91 Å². The summed E-state index contributed by atoms with van der Waals surface area (Å²) in [6, 6.07) is 7.60. The standard InChI is InChI=1S/C15H14Cl2N2O/c1-15(2)9(7-12(16)17)13(15)14(20)19-8-18-10-5-3-4-6-11(10)19/h3-9,13H,1-2H3. The summed E-state index contributed by atoms with van der Waals surface area (Å²) in [5.41, 5.74) is 1.53. The lowest BCUT2D eigenvalue weighted by molar-refractivity contribution is 0.0873. The summed E-state index contributed by atoms with van der Waals surface area (Å²) in [6.45, 7) is 4.10. The second kappa shape index (κ2) is 4.61. The summed E-state index contributed by atoms with van der Waals surface area (Å²) in [5.74, 6) is -0.00620. The third kappa shape index (κ3) is 2.05. The van der Waals surface area contributed by atoms with E-state index in [1.54, 1.807) is 17.0 Å². The zero-order valence-electron chi connectivity index (χ0n) is 11.2. The SMILES string of the molecule is CC1(C)C(C=C(Cl)Cl)C1C(=O)n1cnc2ccccc21. The molecule has 2 atom stereocenters. The Balaban J connectivity index is 1.96. The first-order valence-corrected chi connectivity index (χ1v) is 7.17. The number of aromatic nitrogens is 2. The van der Waals surface area contributed by atoms with Crippen LogP contribution >= 0.6 is 23.2 Å². The van der Waals surface area contributed by atoms with Crippen molar-refractivity contribution >= 4 is 40.1 Å². The summed E-state index contributed by atoms with van der Waals surface area (Å²) >= 11 is 11.5. The van der Waals surface area contributed by atoms with Gasteiger partial charge < -0.3 is 0 Å². The van der Waals surface area contributed by atoms with E-state index in [2.05, 4.69) is 4.98 Å². The van der Waals surface area contributed by atoms with Crippen LogP contribution in [-0.4, -0.2) is 15.5 Å². The number of halogens is 2. The molecule has 0 bridgehead atoms. The molecule has 0 spiro atoms. The van der Waals surface area contributed by atoms with Crippen LogP contribution in [0.2, 0.25) is 0 Å². The van der Waals surface area contributed by atoms with Gasteiger partial charge in [-0.05, 0) is 29.5 Å². The fourth-order valence-electron chi connectivity index (χ4n) is 2.88. The van der Waals surface area contributed by atoms with Crippen LogP contribution in [0.15, 0.2) is 41.2 Å². The van der Waals surface area contributed by atoms with Gasteiger partial charge in [-0.15, -0.1) is 0 Å². The number of para-hydroxylation sites is 2. The average molecular weight is 309 g/mol. The number of carbonyl (C=O) groups is 1. The molecule has 0 amide bonds. The Bertz CT molecular complexity index is 713. The minimum atomic E-state index is -0.127. The van der Waals surface area contributed by atoms with E-state index in [9.17, 15) is 4.79 Å². The predicted octanol–water partition coefficient (Wildman–Crippen LogP) is 4.27. The van der Waals surface area contributed by atoms with Crippen LogP contribution in [0.5, 0.6) is 0 Å². The van der Waals surface area contributed by atoms with E-state index in [1.165, 1.54) is 0 Å². The van der Waals surface area contributed by atoms with Gasteiger partial charge in [0.05, 0.1) is 17.0 Å². The van der Waals surface area contributed by atoms with Crippen molar-refractivity contribution in [3.05, 3.63) is 41.2 Å². The fraction of sp³-hybridized carbons (Fsp3) is 0.333. The van der Waals surface area contributed by atoms with Gasteiger partial charge in [-0.2, -0.15) is 0 Å². The molecule has 20 heavy (non-hydrogen) atoms. The number of carbonyl (C=O) groups excluding carboxylic acids is 1. The molecule has 1 aromatic carbocycles. The second-order valence-electron chi connectivity index (χ2n) is 5.72. The van der Waals surface area contributed by atoms with Crippen molar-refractivity contribution in [2.75, 3.05) is 0 Å². The molecule has 1 heterocycles. The first kappa shape index (κ1) is 13.7. The molecule has 1 aromatic heterocycles. The first-order chi connectivity index (χ1) is 9.43. The number of benzene rings is 1. The van der Waals surface area contributed by atoms with Gasteiger partial charge in [0.15, 0.2) is 0 Å². The molecule has 104 valence electrons. The molecule has 3 rings (SSSR count). The van der Waals surface area contributed by atoms with Crippen molar-refractivity contribution in [3.8, 4) is 0 Å². The van der Waals surface area contributed by atoms with Crippen LogP contribution in [0.4, 0.5) is 0 Å². The Kier molecular flexibility index (Phi) is 3.14. The van der Waals surface area contributed by atoms with Crippen molar-refractivity contribution in [2.45, 2.75) is 13.8 Å². The van der Waals surface area contributed by atoms with Crippen molar-refractivity contribution < 1.29 is 4.79 Å². The summed E-state index contributed by atoms with van der Waals surface area (Å²) in [6.07, 6.45) is 3.34. The van der Waals surface area contributed by atoms with E-state index < -0.39 is 0 Å². The van der Waals surface area contributed by atoms with Crippen LogP contribution in [-0.2, 0) is 0 Å². The zero-order chi connectivity index (χ0) is 14.5. The summed E-state index contributed by atoms with van der Waals surface area (Å²) in [4.78, 5) is 17.0. The van der Waals surface area contributed by atoms with E-state index in [1.807, 2.05) is 38.1 Å². The van der Waals surface area contributed by atoms with Crippen LogP contribution < -0.4 is 0 Å². The highest BCUT2D eigenvalue weighted by Crippen LogP contribution is 2.60. The van der Waals surface area contributed by atoms with Gasteiger partial charge >= 0.3 is 0 Å². The van der Waals surface area contributed by atoms with Crippen molar-refractivity contribution in [2.24, 2.45) is 17.3 Å². The zero-order valence-corrected chi connectivity index (χ0v) is 12.7. The lowest BCUT2D eigenvalue weighted by Crippen LogP contribution is -2.14. The molecular formula is C15H14Cl2N2O. The third-order valence-electron chi connectivity index (χ3n) is 4.17. The van der Waals surface area contributed by atoms with E-state index in [0.717, 1.165) is 11.0 Å². The highest BCUT2D eigenvalue weighted by molar-refractivity contribution is 6.55. The van der Waals surface area contributed by atoms with Crippen molar-refractivity contribution in [1.82, 2.24) is 9.55 Å². The largest absolute Gasteiger partial charge is 0.274 e. The molecule has 3 nitrogen and oxygen atoms in total. The van der Waals surface area contributed by atoms with Crippen LogP contribution in [0.25, 0.3) is 11.0 Å². The fourth-order valence-corrected chi connectivity index (χ4v) is 3.15. The first-order valence-electron chi connectivity index (χ1n) is 6.42. The van der Waals surface area contributed by atoms with Gasteiger partial charge in [-0.25, -0.2) is 4.98 Å². The lowest BCUT2D eigenvalue weighted by atomic mass is 10.1. The molecular weight excluding hydrogens is 295 g/mol. The minimum Gasteiger partial charge on any atom is -0.274 e. The number of imidazole rings is 1. The van der Waals surface area contributed by atoms with Gasteiger partial charge in [-0.1, -0.05) is 49.2 Å². The third-order valence-corrected chi connectivity index (χ3v) is 4.43. The topological polar surface area (TPSA) is 34.9 Å². The molecule has 2 aromatic rings. The average Bonchev–Trinajstić information content (AvgIpc) is 2.75. The maximum atomic E-state index is 12.7. The van der Waals surface area contributed by atoms with E-state index in [4.69, 9.17) is 23.2 Å². The molecule has 1 saturated carbocycles. The number of hydrogen-bond donors (Lipinski definition) is 0. The lowest BCUT2D eigenvalue weighted by Gasteiger charge is -2.04. The summed E-state index contributed by atoms with van der Waals surface area (Å²) in [5, 5.41) is 0. The molecule has 0 radical (unpaired) electrons. The monoisotopic (exact) mass is 308 g/mol. The maximum Gasteiger partial charge on any atom is 0.236 e. The number of rotatable bonds is 2. The summed E-state index contributed by atoms with van der Waals surface area (Å²) < 4.78 is 1.84. The van der Waals surface area contributed by atoms with Crippen LogP contribution in [0, 0.1) is 17.3 Å². The Morgan fingerprint density at radius 1 is 1.35 bits per heavy atom. The Morgan fingerprint density at radius 3 is 2.75 bits per heavy atom. The number of hydrogen-bond acceptors (Lipinski definition) is 2. The molecule has 0 N–H and O–H groups in total. The highest BCUT2D eigenvalue weighted by Gasteiger charge is 2.61. The molecule has 1 fully saturated rings. The smallest absolute Gasteiger partial charge is 0.236 e. The molecule has 1 aliphatic rings. The van der Waals surface area contributed by atoms with Crippen molar-refractivity contribution in [3.63, 3.8) is 0 Å². The van der Waals surface area contributed by atoms with Crippen molar-refractivity contribution in [1.29, 1.82) is 0 Å². The molecule has 0 aliphatic heterocycles. The number of allylic oxidation sites excluding steroid dienone is 1. The normalized spacial score (nSPS) is 23.6. The van der Waals surface area contributed by atoms with Gasteiger partial charge in [-0.3, -0.25) is 9.36 Å². The van der Waals surface area contributed by atoms with Crippen LogP contribution in [0.1, 0.15) is 18.6 Å². The maximum absolute atomic E-state index is 12.7. The minimum absolute atomic E-state index is 0.0412. The van der Waals surface area contributed by atoms with Crippen LogP contribution in [0.3, 0.4) is 0 Å². The molecule has 2 unspecified atom stereocenters. The predicted molar refractivity (Wildman–Crippen MR) is 80.9 cm³/mol. The molecule has 5 heteroatoms. The Morgan fingerprint density at radius 2 is 2.05 bits per heavy atom. The van der Waals surface area contributed by atoms with Gasteiger partial charge in [0.25, 0.3) is 0 Å². The molecule has 1 aliphatic carbocycles.